The summed E-state index contributed by atoms with van der Waals surface area (Å²) >= 11 is 0. The third kappa shape index (κ3) is 6.99. The van der Waals surface area contributed by atoms with Gasteiger partial charge in [0.15, 0.2) is 5.96 Å². The highest BCUT2D eigenvalue weighted by Crippen LogP contribution is 2.34. The van der Waals surface area contributed by atoms with Gasteiger partial charge < -0.3 is 29.7 Å². The lowest BCUT2D eigenvalue weighted by Gasteiger charge is -2.33. The lowest BCUT2D eigenvalue weighted by atomic mass is 10.0. The maximum Gasteiger partial charge on any atom is 0.191 e. The van der Waals surface area contributed by atoms with Crippen molar-refractivity contribution in [2.75, 3.05) is 54.6 Å². The standard InChI is InChI=1S/C22H38N4O3/c1-6-7-12-26-13-9-17(10-14-26)25-22(23-2)24-11-8-19-20(28-4)15-18(27-3)16-21(19)29-5/h15-17H,6-14H2,1-5H3,(H2,23,24,25). The minimum absolute atomic E-state index is 0.476. The first kappa shape index (κ1) is 23.1. The predicted molar refractivity (Wildman–Crippen MR) is 119 cm³/mol. The molecule has 0 spiro atoms. The maximum atomic E-state index is 5.54. The normalized spacial score (nSPS) is 15.8. The number of hydrogen-bond donors (Lipinski definition) is 2. The molecular weight excluding hydrogens is 368 g/mol. The highest BCUT2D eigenvalue weighted by Gasteiger charge is 2.19. The van der Waals surface area contributed by atoms with Crippen LogP contribution in [0, 0.1) is 0 Å². The van der Waals surface area contributed by atoms with Gasteiger partial charge in [-0.2, -0.15) is 0 Å². The Morgan fingerprint density at radius 2 is 1.76 bits per heavy atom. The van der Waals surface area contributed by atoms with Crippen molar-refractivity contribution in [2.24, 2.45) is 4.99 Å². The smallest absolute Gasteiger partial charge is 0.191 e. The van der Waals surface area contributed by atoms with E-state index in [1.54, 1.807) is 21.3 Å². The van der Waals surface area contributed by atoms with E-state index < -0.39 is 0 Å². The Labute approximate surface area is 175 Å². The quantitative estimate of drug-likeness (QED) is 0.460. The van der Waals surface area contributed by atoms with Crippen LogP contribution in [0.25, 0.3) is 0 Å². The Kier molecular flexibility index (Phi) is 9.91. The van der Waals surface area contributed by atoms with E-state index >= 15 is 0 Å². The molecule has 0 unspecified atom stereocenters. The second kappa shape index (κ2) is 12.4. The first-order valence-corrected chi connectivity index (χ1v) is 10.6. The summed E-state index contributed by atoms with van der Waals surface area (Å²) in [6.45, 7) is 6.53. The van der Waals surface area contributed by atoms with Crippen LogP contribution in [-0.2, 0) is 6.42 Å². The molecule has 0 bridgehead atoms. The third-order valence-electron chi connectivity index (χ3n) is 5.46. The molecule has 0 aliphatic carbocycles. The van der Waals surface area contributed by atoms with Gasteiger partial charge in [0, 0.05) is 50.4 Å². The molecule has 0 saturated carbocycles. The van der Waals surface area contributed by atoms with Gasteiger partial charge in [0.2, 0.25) is 0 Å². The fourth-order valence-electron chi connectivity index (χ4n) is 3.70. The molecule has 2 N–H and O–H groups in total. The van der Waals surface area contributed by atoms with Gasteiger partial charge in [-0.15, -0.1) is 0 Å². The van der Waals surface area contributed by atoms with Crippen molar-refractivity contribution in [3.63, 3.8) is 0 Å². The van der Waals surface area contributed by atoms with Gasteiger partial charge in [-0.25, -0.2) is 0 Å². The number of methoxy groups -OCH3 is 3. The summed E-state index contributed by atoms with van der Waals surface area (Å²) in [5.74, 6) is 3.11. The number of hydrogen-bond acceptors (Lipinski definition) is 5. The molecule has 1 aliphatic rings. The minimum atomic E-state index is 0.476. The number of ether oxygens (including phenoxy) is 3. The third-order valence-corrected chi connectivity index (χ3v) is 5.46. The molecule has 164 valence electrons. The number of likely N-dealkylation sites (tertiary alicyclic amines) is 1. The predicted octanol–water partition coefficient (Wildman–Crippen LogP) is 2.68. The van der Waals surface area contributed by atoms with Gasteiger partial charge in [-0.3, -0.25) is 4.99 Å². The summed E-state index contributed by atoms with van der Waals surface area (Å²) in [6.07, 6.45) is 5.62. The van der Waals surface area contributed by atoms with Gasteiger partial charge >= 0.3 is 0 Å². The Balaban J connectivity index is 1.85. The Bertz CT molecular complexity index is 618. The van der Waals surface area contributed by atoms with Crippen LogP contribution >= 0.6 is 0 Å². The number of benzene rings is 1. The average molecular weight is 407 g/mol. The summed E-state index contributed by atoms with van der Waals surface area (Å²) in [5.41, 5.74) is 1.02. The van der Waals surface area contributed by atoms with Crippen LogP contribution in [0.2, 0.25) is 0 Å². The molecule has 29 heavy (non-hydrogen) atoms. The molecule has 0 amide bonds. The number of piperidine rings is 1. The summed E-state index contributed by atoms with van der Waals surface area (Å²) in [4.78, 5) is 6.96. The second-order valence-corrected chi connectivity index (χ2v) is 7.37. The van der Waals surface area contributed by atoms with Crippen LogP contribution in [0.1, 0.15) is 38.2 Å². The van der Waals surface area contributed by atoms with Crippen LogP contribution in [0.15, 0.2) is 17.1 Å². The van der Waals surface area contributed by atoms with Crippen LogP contribution in [0.4, 0.5) is 0 Å². The lowest BCUT2D eigenvalue weighted by molar-refractivity contribution is 0.203. The van der Waals surface area contributed by atoms with Gasteiger partial charge in [0.1, 0.15) is 17.2 Å². The van der Waals surface area contributed by atoms with Crippen molar-refractivity contribution < 1.29 is 14.2 Å². The van der Waals surface area contributed by atoms with E-state index in [1.807, 2.05) is 19.2 Å². The number of aliphatic imine (C=N–C) groups is 1. The van der Waals surface area contributed by atoms with Crippen molar-refractivity contribution >= 4 is 5.96 Å². The topological polar surface area (TPSA) is 67.4 Å². The maximum absolute atomic E-state index is 5.54. The van der Waals surface area contributed by atoms with E-state index in [0.717, 1.165) is 67.7 Å². The molecule has 1 aliphatic heterocycles. The molecule has 1 aromatic rings. The molecule has 1 heterocycles. The van der Waals surface area contributed by atoms with Crippen molar-refractivity contribution in [1.29, 1.82) is 0 Å². The lowest BCUT2D eigenvalue weighted by Crippen LogP contribution is -2.49. The summed E-state index contributed by atoms with van der Waals surface area (Å²) in [5, 5.41) is 7.00. The van der Waals surface area contributed by atoms with Crippen LogP contribution in [0.3, 0.4) is 0 Å². The molecule has 7 heteroatoms. The van der Waals surface area contributed by atoms with Crippen molar-refractivity contribution in [3.8, 4) is 17.2 Å². The summed E-state index contributed by atoms with van der Waals surface area (Å²) < 4.78 is 16.4. The SMILES string of the molecule is CCCCN1CCC(NC(=NC)NCCc2c(OC)cc(OC)cc2OC)CC1. The minimum Gasteiger partial charge on any atom is -0.496 e. The second-order valence-electron chi connectivity index (χ2n) is 7.37. The van der Waals surface area contributed by atoms with Gasteiger partial charge in [-0.1, -0.05) is 13.3 Å². The summed E-state index contributed by atoms with van der Waals surface area (Å²) in [7, 11) is 6.79. The molecule has 1 saturated heterocycles. The van der Waals surface area contributed by atoms with E-state index in [9.17, 15) is 0 Å². The van der Waals surface area contributed by atoms with Crippen LogP contribution < -0.4 is 24.8 Å². The highest BCUT2D eigenvalue weighted by molar-refractivity contribution is 5.80. The Morgan fingerprint density at radius 1 is 1.10 bits per heavy atom. The van der Waals surface area contributed by atoms with E-state index in [1.165, 1.54) is 19.4 Å². The highest BCUT2D eigenvalue weighted by atomic mass is 16.5. The number of nitrogens with one attached hydrogen (secondary N) is 2. The van der Waals surface area contributed by atoms with E-state index in [0.29, 0.717) is 6.04 Å². The van der Waals surface area contributed by atoms with Gasteiger partial charge in [0.25, 0.3) is 0 Å². The number of rotatable bonds is 10. The van der Waals surface area contributed by atoms with Crippen molar-refractivity contribution in [3.05, 3.63) is 17.7 Å². The van der Waals surface area contributed by atoms with Crippen molar-refractivity contribution in [1.82, 2.24) is 15.5 Å². The average Bonchev–Trinajstić information content (AvgIpc) is 2.77. The molecule has 0 radical (unpaired) electrons. The fourth-order valence-corrected chi connectivity index (χ4v) is 3.70. The van der Waals surface area contributed by atoms with Crippen LogP contribution in [-0.4, -0.2) is 71.5 Å². The number of guanidine groups is 1. The molecular formula is C22H38N4O3. The molecule has 0 aromatic heterocycles. The number of nitrogens with zero attached hydrogens (tertiary/aromatic N) is 2. The molecule has 0 atom stereocenters. The zero-order valence-corrected chi connectivity index (χ0v) is 18.7. The monoisotopic (exact) mass is 406 g/mol. The first-order valence-electron chi connectivity index (χ1n) is 10.6. The fraction of sp³-hybridized carbons (Fsp3) is 0.682. The molecule has 1 aromatic carbocycles. The largest absolute Gasteiger partial charge is 0.496 e. The summed E-state index contributed by atoms with van der Waals surface area (Å²) in [6, 6.07) is 4.25. The molecule has 7 nitrogen and oxygen atoms in total. The molecule has 2 rings (SSSR count). The molecule has 1 fully saturated rings. The van der Waals surface area contributed by atoms with Gasteiger partial charge in [0.05, 0.1) is 21.3 Å². The Morgan fingerprint density at radius 3 is 2.28 bits per heavy atom. The van der Waals surface area contributed by atoms with Crippen molar-refractivity contribution in [2.45, 2.75) is 45.1 Å². The zero-order chi connectivity index (χ0) is 21.1. The number of unbranched alkanes of at least 4 members (excludes halogenated alkanes) is 1. The van der Waals surface area contributed by atoms with E-state index in [2.05, 4.69) is 27.4 Å². The first-order chi connectivity index (χ1) is 14.1. The van der Waals surface area contributed by atoms with Gasteiger partial charge in [-0.05, 0) is 32.2 Å². The van der Waals surface area contributed by atoms with E-state index in [-0.39, 0.29) is 0 Å². The van der Waals surface area contributed by atoms with Crippen LogP contribution in [0.5, 0.6) is 17.2 Å². The zero-order valence-electron chi connectivity index (χ0n) is 18.7. The van der Waals surface area contributed by atoms with E-state index in [4.69, 9.17) is 14.2 Å². The Hall–Kier alpha value is -2.15.